The minimum atomic E-state index is -1.19. The largest absolute Gasteiger partial charge is 0.382 e. The number of fused-ring (bicyclic) bond motifs is 5. The molecule has 0 aromatic rings. The van der Waals surface area contributed by atoms with Crippen molar-refractivity contribution < 1.29 is 14.7 Å². The Kier molecular flexibility index (Phi) is 3.64. The molecule has 6 atom stereocenters. The van der Waals surface area contributed by atoms with Crippen LogP contribution in [0.25, 0.3) is 0 Å². The van der Waals surface area contributed by atoms with Gasteiger partial charge in [0.05, 0.1) is 0 Å². The fourth-order valence-corrected chi connectivity index (χ4v) is 6.63. The number of carbonyl (C=O) groups excluding carboxylic acids is 2. The second-order valence-corrected chi connectivity index (χ2v) is 8.89. The van der Waals surface area contributed by atoms with Gasteiger partial charge in [-0.2, -0.15) is 0 Å². The molecule has 4 rings (SSSR count). The molecule has 0 aromatic heterocycles. The van der Waals surface area contributed by atoms with Crippen LogP contribution in [-0.4, -0.2) is 22.3 Å². The third kappa shape index (κ3) is 2.00. The highest BCUT2D eigenvalue weighted by Gasteiger charge is 2.64. The van der Waals surface area contributed by atoms with E-state index in [1.807, 2.05) is 0 Å². The summed E-state index contributed by atoms with van der Waals surface area (Å²) in [6, 6.07) is 0. The Hall–Kier alpha value is -0.930. The highest BCUT2D eigenvalue weighted by Crippen LogP contribution is 2.64. The number of carbonyl (C=O) groups is 2. The fourth-order valence-electron chi connectivity index (χ4n) is 6.29. The van der Waals surface area contributed by atoms with Crippen LogP contribution in [0.4, 0.5) is 0 Å². The minimum absolute atomic E-state index is 0.0966. The molecule has 130 valence electrons. The van der Waals surface area contributed by atoms with Crippen LogP contribution in [0, 0.1) is 29.1 Å². The van der Waals surface area contributed by atoms with Gasteiger partial charge in [-0.25, -0.2) is 0 Å². The van der Waals surface area contributed by atoms with E-state index in [2.05, 4.69) is 13.0 Å². The summed E-state index contributed by atoms with van der Waals surface area (Å²) >= 11 is 6.56. The van der Waals surface area contributed by atoms with Crippen molar-refractivity contribution >= 4 is 23.2 Å². The third-order valence-electron chi connectivity index (χ3n) is 7.67. The van der Waals surface area contributed by atoms with Gasteiger partial charge in [0.25, 0.3) is 0 Å². The van der Waals surface area contributed by atoms with Gasteiger partial charge in [-0.05, 0) is 74.3 Å². The molecule has 24 heavy (non-hydrogen) atoms. The molecule has 1 N–H and O–H groups in total. The quantitative estimate of drug-likeness (QED) is 0.784. The van der Waals surface area contributed by atoms with Gasteiger partial charge in [0.1, 0.15) is 5.60 Å². The van der Waals surface area contributed by atoms with Gasteiger partial charge in [-0.1, -0.05) is 24.6 Å². The van der Waals surface area contributed by atoms with Crippen molar-refractivity contribution in [2.75, 3.05) is 0 Å². The van der Waals surface area contributed by atoms with E-state index in [-0.39, 0.29) is 22.9 Å². The normalized spacial score (nSPS) is 47.2. The van der Waals surface area contributed by atoms with Gasteiger partial charge in [-0.15, -0.1) is 0 Å². The van der Waals surface area contributed by atoms with Crippen LogP contribution < -0.4 is 0 Å². The Morgan fingerprint density at radius 2 is 2.04 bits per heavy atom. The molecule has 0 bridgehead atoms. The summed E-state index contributed by atoms with van der Waals surface area (Å²) < 4.78 is 0. The molecule has 0 amide bonds. The van der Waals surface area contributed by atoms with Gasteiger partial charge < -0.3 is 5.11 Å². The number of hydrogen-bond acceptors (Lipinski definition) is 3. The predicted octanol–water partition coefficient (Wildman–Crippen LogP) is 3.79. The Morgan fingerprint density at radius 3 is 2.75 bits per heavy atom. The van der Waals surface area contributed by atoms with E-state index in [0.29, 0.717) is 30.6 Å². The van der Waals surface area contributed by atoms with E-state index in [9.17, 15) is 14.7 Å². The number of ketones is 2. The first-order valence-corrected chi connectivity index (χ1v) is 9.51. The highest BCUT2D eigenvalue weighted by molar-refractivity contribution is 6.32. The van der Waals surface area contributed by atoms with Crippen LogP contribution in [0.15, 0.2) is 22.8 Å². The van der Waals surface area contributed by atoms with Crippen molar-refractivity contribution in [3.63, 3.8) is 0 Å². The van der Waals surface area contributed by atoms with Crippen molar-refractivity contribution in [3.05, 3.63) is 22.8 Å². The number of hydrogen-bond donors (Lipinski definition) is 1. The van der Waals surface area contributed by atoms with Gasteiger partial charge in [0.2, 0.25) is 0 Å². The molecular formula is C20H25ClO3. The van der Waals surface area contributed by atoms with Crippen molar-refractivity contribution in [1.82, 2.24) is 0 Å². The molecule has 4 aliphatic carbocycles. The number of allylic oxidation sites excluding steroid dienone is 4. The summed E-state index contributed by atoms with van der Waals surface area (Å²) in [5.74, 6) is 1.53. The van der Waals surface area contributed by atoms with Crippen molar-refractivity contribution in [2.24, 2.45) is 29.1 Å². The Labute approximate surface area is 148 Å². The third-order valence-corrected chi connectivity index (χ3v) is 8.01. The SMILES string of the molecule is CC(=O)[C@@]1(O)CCC2C3C=C(Cl)C4=CC(=O)CCC4C3CCC21C. The molecule has 0 spiro atoms. The average molecular weight is 349 g/mol. The summed E-state index contributed by atoms with van der Waals surface area (Å²) in [5.41, 5.74) is -0.529. The van der Waals surface area contributed by atoms with Crippen molar-refractivity contribution in [1.29, 1.82) is 0 Å². The number of Topliss-reactive ketones (excluding diaryl/α,β-unsaturated/α-hetero) is 1. The number of rotatable bonds is 1. The second kappa shape index (κ2) is 5.28. The molecule has 5 unspecified atom stereocenters. The molecule has 2 saturated carbocycles. The van der Waals surface area contributed by atoms with Crippen LogP contribution in [-0.2, 0) is 9.59 Å². The standard InChI is InChI=1S/C20H25ClO3/c1-11(22)20(24)8-6-17-15-10-18(21)16-9-12(23)3-4-13(16)14(15)5-7-19(17,20)2/h9-10,13-15,17,24H,3-8H2,1-2H3/t13?,14?,15?,17?,19?,20-/m0/s1. The van der Waals surface area contributed by atoms with E-state index in [0.717, 1.165) is 36.3 Å². The number of halogens is 1. The molecule has 3 nitrogen and oxygen atoms in total. The van der Waals surface area contributed by atoms with E-state index in [4.69, 9.17) is 11.6 Å². The maximum atomic E-state index is 12.2. The topological polar surface area (TPSA) is 54.4 Å². The number of aliphatic hydroxyl groups is 1. The first-order valence-electron chi connectivity index (χ1n) is 9.13. The Morgan fingerprint density at radius 1 is 1.29 bits per heavy atom. The summed E-state index contributed by atoms with van der Waals surface area (Å²) in [6.07, 6.45) is 8.67. The molecule has 4 aliphatic rings. The summed E-state index contributed by atoms with van der Waals surface area (Å²) in [5, 5.41) is 11.8. The maximum Gasteiger partial charge on any atom is 0.161 e. The summed E-state index contributed by atoms with van der Waals surface area (Å²) in [4.78, 5) is 24.0. The van der Waals surface area contributed by atoms with Crippen molar-refractivity contribution in [2.45, 2.75) is 58.0 Å². The Balaban J connectivity index is 1.75. The van der Waals surface area contributed by atoms with E-state index in [1.54, 1.807) is 6.08 Å². The molecule has 0 aromatic carbocycles. The van der Waals surface area contributed by atoms with Crippen LogP contribution in [0.3, 0.4) is 0 Å². The minimum Gasteiger partial charge on any atom is -0.382 e. The molecule has 4 heteroatoms. The first kappa shape index (κ1) is 16.5. The lowest BCUT2D eigenvalue weighted by Gasteiger charge is -2.53. The lowest BCUT2D eigenvalue weighted by molar-refractivity contribution is -0.155. The van der Waals surface area contributed by atoms with Crippen LogP contribution in [0.1, 0.15) is 52.4 Å². The molecule has 0 heterocycles. The Bertz CT molecular complexity index is 678. The summed E-state index contributed by atoms with van der Waals surface area (Å²) in [7, 11) is 0. The highest BCUT2D eigenvalue weighted by atomic mass is 35.5. The monoisotopic (exact) mass is 348 g/mol. The summed E-state index contributed by atoms with van der Waals surface area (Å²) in [6.45, 7) is 3.62. The zero-order valence-electron chi connectivity index (χ0n) is 14.3. The fraction of sp³-hybridized carbons (Fsp3) is 0.700. The van der Waals surface area contributed by atoms with E-state index in [1.165, 1.54) is 6.92 Å². The van der Waals surface area contributed by atoms with Gasteiger partial charge >= 0.3 is 0 Å². The zero-order chi connectivity index (χ0) is 17.3. The first-order chi connectivity index (χ1) is 11.3. The predicted molar refractivity (Wildman–Crippen MR) is 92.4 cm³/mol. The van der Waals surface area contributed by atoms with Crippen LogP contribution in [0.2, 0.25) is 0 Å². The second-order valence-electron chi connectivity index (χ2n) is 8.48. The lowest BCUT2D eigenvalue weighted by atomic mass is 9.52. The molecular weight excluding hydrogens is 324 g/mol. The average Bonchev–Trinajstić information content (AvgIpc) is 2.81. The molecule has 2 fully saturated rings. The van der Waals surface area contributed by atoms with Crippen LogP contribution in [0.5, 0.6) is 0 Å². The van der Waals surface area contributed by atoms with Gasteiger partial charge in [0, 0.05) is 16.9 Å². The molecule has 0 saturated heterocycles. The van der Waals surface area contributed by atoms with Crippen LogP contribution >= 0.6 is 11.6 Å². The lowest BCUT2D eigenvalue weighted by Crippen LogP contribution is -2.55. The smallest absolute Gasteiger partial charge is 0.161 e. The zero-order valence-corrected chi connectivity index (χ0v) is 15.1. The van der Waals surface area contributed by atoms with E-state index >= 15 is 0 Å². The van der Waals surface area contributed by atoms with Crippen molar-refractivity contribution in [3.8, 4) is 0 Å². The molecule has 0 aliphatic heterocycles. The van der Waals surface area contributed by atoms with Gasteiger partial charge in [-0.3, -0.25) is 9.59 Å². The molecule has 0 radical (unpaired) electrons. The van der Waals surface area contributed by atoms with E-state index < -0.39 is 5.60 Å². The van der Waals surface area contributed by atoms with Gasteiger partial charge in [0.15, 0.2) is 11.6 Å². The maximum absolute atomic E-state index is 12.2.